The molecule has 0 rings (SSSR count). The second-order valence-electron chi connectivity index (χ2n) is 5.93. The molecule has 0 atom stereocenters. The van der Waals surface area contributed by atoms with Crippen molar-refractivity contribution in [2.75, 3.05) is 18.5 Å². The van der Waals surface area contributed by atoms with Crippen LogP contribution in [0.3, 0.4) is 0 Å². The van der Waals surface area contributed by atoms with E-state index < -0.39 is 5.60 Å². The number of alkyl halides is 1. The Balaban J connectivity index is 0. The molecule has 0 aliphatic rings. The van der Waals surface area contributed by atoms with E-state index in [1.807, 2.05) is 48.5 Å². The van der Waals surface area contributed by atoms with Gasteiger partial charge in [-0.3, -0.25) is 9.59 Å². The Hall–Kier alpha value is -0.420. The van der Waals surface area contributed by atoms with E-state index in [4.69, 9.17) is 4.74 Å². The Bertz CT molecular complexity index is 315. The van der Waals surface area contributed by atoms with Crippen LogP contribution in [-0.2, 0) is 14.3 Å². The van der Waals surface area contributed by atoms with Gasteiger partial charge in [-0.15, -0.1) is 0 Å². The number of amides is 1. The maximum Gasteiger partial charge on any atom is 0.230 e. The summed E-state index contributed by atoms with van der Waals surface area (Å²) in [7, 11) is 0. The van der Waals surface area contributed by atoms with Crippen LogP contribution in [0.2, 0.25) is 0 Å². The zero-order valence-corrected chi connectivity index (χ0v) is 16.2. The number of ketones is 1. The third-order valence-corrected chi connectivity index (χ3v) is 3.64. The molecule has 21 heavy (non-hydrogen) atoms. The zero-order valence-electron chi connectivity index (χ0n) is 14.6. The van der Waals surface area contributed by atoms with E-state index >= 15 is 0 Å². The van der Waals surface area contributed by atoms with Gasteiger partial charge in [0.1, 0.15) is 5.78 Å². The van der Waals surface area contributed by atoms with Gasteiger partial charge >= 0.3 is 0 Å². The van der Waals surface area contributed by atoms with Crippen molar-refractivity contribution < 1.29 is 14.3 Å². The van der Waals surface area contributed by atoms with E-state index in [1.165, 1.54) is 0 Å². The Morgan fingerprint density at radius 1 is 1.14 bits per heavy atom. The van der Waals surface area contributed by atoms with Crippen LogP contribution in [0.4, 0.5) is 0 Å². The van der Waals surface area contributed by atoms with Crippen LogP contribution in [0.5, 0.6) is 0 Å². The van der Waals surface area contributed by atoms with Gasteiger partial charge in [0.15, 0.2) is 0 Å². The molecule has 0 saturated heterocycles. The highest BCUT2D eigenvalue weighted by atomic mass is 79.9. The number of rotatable bonds is 9. The summed E-state index contributed by atoms with van der Waals surface area (Å²) in [6, 6.07) is 0. The Morgan fingerprint density at radius 2 is 1.67 bits per heavy atom. The lowest BCUT2D eigenvalue weighted by Gasteiger charge is -2.28. The lowest BCUT2D eigenvalue weighted by atomic mass is 9.83. The van der Waals surface area contributed by atoms with Gasteiger partial charge in [-0.2, -0.15) is 0 Å². The quantitative estimate of drug-likeness (QED) is 0.633. The van der Waals surface area contributed by atoms with Gasteiger partial charge in [0.05, 0.1) is 10.9 Å². The Labute approximate surface area is 138 Å². The van der Waals surface area contributed by atoms with Crippen LogP contribution in [-0.4, -0.2) is 35.8 Å². The highest BCUT2D eigenvalue weighted by Crippen LogP contribution is 2.24. The highest BCUT2D eigenvalue weighted by molar-refractivity contribution is 9.09. The molecular weight excluding hydrogens is 334 g/mol. The third-order valence-electron chi connectivity index (χ3n) is 3.13. The van der Waals surface area contributed by atoms with E-state index in [2.05, 4.69) is 21.2 Å². The first-order chi connectivity index (χ1) is 9.64. The first kappa shape index (κ1) is 22.9. The van der Waals surface area contributed by atoms with Crippen molar-refractivity contribution in [2.24, 2.45) is 5.41 Å². The van der Waals surface area contributed by atoms with E-state index in [9.17, 15) is 9.59 Å². The topological polar surface area (TPSA) is 55.4 Å². The minimum Gasteiger partial charge on any atom is -0.374 e. The lowest BCUT2D eigenvalue weighted by Crippen LogP contribution is -2.41. The first-order valence-electron chi connectivity index (χ1n) is 7.64. The molecule has 1 amide bonds. The average molecular weight is 366 g/mol. The van der Waals surface area contributed by atoms with Gasteiger partial charge in [-0.25, -0.2) is 0 Å². The summed E-state index contributed by atoms with van der Waals surface area (Å²) in [5.41, 5.74) is -0.771. The average Bonchev–Trinajstić information content (AvgIpc) is 2.45. The van der Waals surface area contributed by atoms with Gasteiger partial charge in [-0.1, -0.05) is 50.5 Å². The number of halogens is 1. The smallest absolute Gasteiger partial charge is 0.230 e. The maximum absolute atomic E-state index is 11.7. The minimum absolute atomic E-state index is 0.0573. The summed E-state index contributed by atoms with van der Waals surface area (Å²) >= 11 is 3.09. The molecule has 0 spiro atoms. The van der Waals surface area contributed by atoms with Gasteiger partial charge < -0.3 is 10.1 Å². The lowest BCUT2D eigenvalue weighted by molar-refractivity contribution is -0.128. The molecule has 0 aromatic carbocycles. The van der Waals surface area contributed by atoms with E-state index in [-0.39, 0.29) is 17.1 Å². The number of Topliss-reactive ketones (excluding diaryl/α,β-unsaturated/α-hetero) is 1. The SMILES string of the molecule is CC.CCC(=O)C(C)(C)CCOC(C)(C)CNC(=O)CBr. The molecule has 0 fully saturated rings. The summed E-state index contributed by atoms with van der Waals surface area (Å²) in [4.78, 5) is 22.9. The minimum atomic E-state index is -0.427. The molecule has 0 aromatic heterocycles. The monoisotopic (exact) mass is 365 g/mol. The molecular formula is C16H32BrNO3. The Kier molecular flexibility index (Phi) is 12.2. The molecule has 0 unspecified atom stereocenters. The molecule has 5 heteroatoms. The van der Waals surface area contributed by atoms with Crippen molar-refractivity contribution in [1.82, 2.24) is 5.32 Å². The van der Waals surface area contributed by atoms with Crippen molar-refractivity contribution in [1.29, 1.82) is 0 Å². The summed E-state index contributed by atoms with van der Waals surface area (Å²) in [6.07, 6.45) is 1.24. The van der Waals surface area contributed by atoms with Crippen molar-refractivity contribution in [3.63, 3.8) is 0 Å². The van der Waals surface area contributed by atoms with Crippen LogP contribution < -0.4 is 5.32 Å². The van der Waals surface area contributed by atoms with E-state index in [0.29, 0.717) is 31.3 Å². The van der Waals surface area contributed by atoms with Crippen molar-refractivity contribution in [3.8, 4) is 0 Å². The number of nitrogens with one attached hydrogen (secondary N) is 1. The fourth-order valence-electron chi connectivity index (χ4n) is 1.61. The Morgan fingerprint density at radius 3 is 2.10 bits per heavy atom. The van der Waals surface area contributed by atoms with Crippen LogP contribution in [0.15, 0.2) is 0 Å². The maximum atomic E-state index is 11.7. The first-order valence-corrected chi connectivity index (χ1v) is 8.76. The van der Waals surface area contributed by atoms with Gasteiger partial charge in [0.25, 0.3) is 0 Å². The molecule has 0 aliphatic carbocycles. The van der Waals surface area contributed by atoms with Gasteiger partial charge in [0.2, 0.25) is 5.91 Å². The van der Waals surface area contributed by atoms with Gasteiger partial charge in [-0.05, 0) is 20.3 Å². The number of hydrogen-bond donors (Lipinski definition) is 1. The van der Waals surface area contributed by atoms with E-state index in [0.717, 1.165) is 0 Å². The highest BCUT2D eigenvalue weighted by Gasteiger charge is 2.27. The van der Waals surface area contributed by atoms with Crippen molar-refractivity contribution in [3.05, 3.63) is 0 Å². The normalized spacial score (nSPS) is 11.4. The molecule has 0 radical (unpaired) electrons. The fraction of sp³-hybridized carbons (Fsp3) is 0.875. The molecule has 0 saturated carbocycles. The summed E-state index contributed by atoms with van der Waals surface area (Å²) in [6.45, 7) is 14.6. The summed E-state index contributed by atoms with van der Waals surface area (Å²) in [5, 5.41) is 3.07. The zero-order chi connectivity index (χ0) is 17.1. The number of carbonyl (C=O) groups is 2. The van der Waals surface area contributed by atoms with Crippen LogP contribution in [0.1, 0.15) is 61.3 Å². The molecule has 4 nitrogen and oxygen atoms in total. The summed E-state index contributed by atoms with van der Waals surface area (Å²) in [5.74, 6) is 0.194. The third kappa shape index (κ3) is 10.9. The second-order valence-corrected chi connectivity index (χ2v) is 6.49. The number of ether oxygens (including phenoxy) is 1. The molecule has 0 bridgehead atoms. The molecule has 126 valence electrons. The predicted octanol–water partition coefficient (Wildman–Crippen LogP) is 3.71. The van der Waals surface area contributed by atoms with Gasteiger partial charge in [0, 0.05) is 25.0 Å². The molecule has 0 aliphatic heterocycles. The number of carbonyl (C=O) groups excluding carboxylic acids is 2. The largest absolute Gasteiger partial charge is 0.374 e. The summed E-state index contributed by atoms with van der Waals surface area (Å²) < 4.78 is 5.77. The standard InChI is InChI=1S/C14H26BrNO3.C2H6/c1-6-11(17)13(2,3)7-8-19-14(4,5)10-16-12(18)9-15;1-2/h6-10H2,1-5H3,(H,16,18);1-2H3. The number of hydrogen-bond acceptors (Lipinski definition) is 3. The molecule has 0 heterocycles. The fourth-order valence-corrected chi connectivity index (χ4v) is 1.81. The molecule has 0 aromatic rings. The van der Waals surface area contributed by atoms with Crippen LogP contribution in [0, 0.1) is 5.41 Å². The van der Waals surface area contributed by atoms with E-state index in [1.54, 1.807) is 0 Å². The van der Waals surface area contributed by atoms with Crippen molar-refractivity contribution in [2.45, 2.75) is 66.9 Å². The predicted molar refractivity (Wildman–Crippen MR) is 91.9 cm³/mol. The van der Waals surface area contributed by atoms with Crippen LogP contribution >= 0.6 is 15.9 Å². The van der Waals surface area contributed by atoms with Crippen molar-refractivity contribution >= 4 is 27.6 Å². The second kappa shape index (κ2) is 11.2. The molecule has 1 N–H and O–H groups in total. The van der Waals surface area contributed by atoms with Crippen LogP contribution in [0.25, 0.3) is 0 Å².